The number of nitrogens with zero attached hydrogens (tertiary/aromatic N) is 2. The summed E-state index contributed by atoms with van der Waals surface area (Å²) in [6, 6.07) is 5.64. The van der Waals surface area contributed by atoms with Gasteiger partial charge < -0.3 is 5.32 Å². The van der Waals surface area contributed by atoms with Gasteiger partial charge in [-0.05, 0) is 47.9 Å². The Hall–Kier alpha value is -1.92. The van der Waals surface area contributed by atoms with Gasteiger partial charge in [-0.2, -0.15) is 5.10 Å². The second kappa shape index (κ2) is 6.91. The Morgan fingerprint density at radius 3 is 2.85 bits per heavy atom. The van der Waals surface area contributed by atoms with Crippen LogP contribution >= 0.6 is 23.2 Å². The Balaban J connectivity index is 1.66. The number of aromatic nitrogens is 2. The van der Waals surface area contributed by atoms with Gasteiger partial charge in [0.05, 0.1) is 5.56 Å². The zero-order valence-electron chi connectivity index (χ0n) is 14.5. The lowest BCUT2D eigenvalue weighted by Crippen LogP contribution is -2.31. The molecule has 1 heterocycles. The molecule has 2 atom stereocenters. The number of amides is 1. The zero-order chi connectivity index (χ0) is 19.3. The summed E-state index contributed by atoms with van der Waals surface area (Å²) in [7, 11) is 1.51. The molecule has 0 radical (unpaired) electrons. The summed E-state index contributed by atoms with van der Waals surface area (Å²) in [5.41, 5.74) is 3.19. The Kier molecular flexibility index (Phi) is 4.72. The average Bonchev–Trinajstić information content (AvgIpc) is 3.01. The van der Waals surface area contributed by atoms with E-state index in [2.05, 4.69) is 10.4 Å². The van der Waals surface area contributed by atoms with Crippen LogP contribution in [0.3, 0.4) is 0 Å². The van der Waals surface area contributed by atoms with Crippen molar-refractivity contribution in [1.29, 1.82) is 0 Å². The number of carbonyl (C=O) groups excluding carboxylic acids is 1. The van der Waals surface area contributed by atoms with Gasteiger partial charge in [0, 0.05) is 24.8 Å². The van der Waals surface area contributed by atoms with E-state index in [1.54, 1.807) is 6.07 Å². The van der Waals surface area contributed by atoms with Crippen LogP contribution in [0.2, 0.25) is 0 Å². The quantitative estimate of drug-likeness (QED) is 0.707. The van der Waals surface area contributed by atoms with E-state index in [-0.39, 0.29) is 17.4 Å². The van der Waals surface area contributed by atoms with Crippen LogP contribution in [-0.4, -0.2) is 15.7 Å². The normalized spacial score (nSPS) is 20.7. The standard InChI is InChI=1S/C19H17Cl2F2N3O/c1-26-8-12(16(25-26)18(22)23)19(27)24-13-7-3-5-10-14-9(15(10)13)4-2-6-11(14)17(20)21/h3,5,7-9,14,18H,2,4,6H2,1H3,(H,24,27). The molecule has 1 amide bonds. The molecule has 1 fully saturated rings. The molecule has 0 saturated heterocycles. The maximum absolute atomic E-state index is 13.1. The van der Waals surface area contributed by atoms with E-state index in [1.807, 2.05) is 12.1 Å². The Bertz CT molecular complexity index is 950. The number of anilines is 1. The fourth-order valence-corrected chi connectivity index (χ4v) is 4.74. The van der Waals surface area contributed by atoms with Gasteiger partial charge in [-0.15, -0.1) is 0 Å². The van der Waals surface area contributed by atoms with E-state index in [9.17, 15) is 13.6 Å². The molecule has 4 nitrogen and oxygen atoms in total. The topological polar surface area (TPSA) is 46.9 Å². The number of aryl methyl sites for hydroxylation is 1. The van der Waals surface area contributed by atoms with Crippen molar-refractivity contribution in [3.05, 3.63) is 56.8 Å². The van der Waals surface area contributed by atoms with Crippen LogP contribution in [0, 0.1) is 0 Å². The summed E-state index contributed by atoms with van der Waals surface area (Å²) in [5.74, 6) is -0.181. The van der Waals surface area contributed by atoms with Gasteiger partial charge in [0.2, 0.25) is 0 Å². The molecule has 0 spiro atoms. The number of hydrogen-bond acceptors (Lipinski definition) is 2. The lowest BCUT2D eigenvalue weighted by Gasteiger charge is -2.45. The van der Waals surface area contributed by atoms with Gasteiger partial charge >= 0.3 is 0 Å². The molecular formula is C19H17Cl2F2N3O. The molecule has 2 aliphatic carbocycles. The maximum atomic E-state index is 13.1. The van der Waals surface area contributed by atoms with E-state index >= 15 is 0 Å². The summed E-state index contributed by atoms with van der Waals surface area (Å²) < 4.78 is 27.8. The summed E-state index contributed by atoms with van der Waals surface area (Å²) >= 11 is 12.1. The van der Waals surface area contributed by atoms with Crippen molar-refractivity contribution < 1.29 is 13.6 Å². The van der Waals surface area contributed by atoms with Crippen LogP contribution in [0.1, 0.15) is 64.7 Å². The average molecular weight is 412 g/mol. The molecule has 8 heteroatoms. The number of nitrogens with one attached hydrogen (secondary N) is 1. The van der Waals surface area contributed by atoms with Crippen LogP contribution < -0.4 is 5.32 Å². The highest BCUT2D eigenvalue weighted by molar-refractivity contribution is 6.56. The highest BCUT2D eigenvalue weighted by atomic mass is 35.5. The lowest BCUT2D eigenvalue weighted by molar-refractivity contribution is 0.101. The molecule has 1 saturated carbocycles. The minimum Gasteiger partial charge on any atom is -0.322 e. The van der Waals surface area contributed by atoms with Gasteiger partial charge in [-0.25, -0.2) is 8.78 Å². The van der Waals surface area contributed by atoms with Crippen LogP contribution in [-0.2, 0) is 7.05 Å². The molecule has 2 aliphatic rings. The van der Waals surface area contributed by atoms with E-state index < -0.39 is 18.0 Å². The molecule has 2 unspecified atom stereocenters. The first kappa shape index (κ1) is 18.4. The zero-order valence-corrected chi connectivity index (χ0v) is 16.0. The van der Waals surface area contributed by atoms with Crippen molar-refractivity contribution in [1.82, 2.24) is 9.78 Å². The predicted octanol–water partition coefficient (Wildman–Crippen LogP) is 5.66. The van der Waals surface area contributed by atoms with Crippen LogP contribution in [0.25, 0.3) is 0 Å². The maximum Gasteiger partial charge on any atom is 0.282 e. The van der Waals surface area contributed by atoms with Crippen molar-refractivity contribution >= 4 is 34.8 Å². The molecule has 1 N–H and O–H groups in total. The first-order valence-corrected chi connectivity index (χ1v) is 9.44. The number of allylic oxidation sites excluding steroid dienone is 1. The highest BCUT2D eigenvalue weighted by Gasteiger charge is 2.44. The summed E-state index contributed by atoms with van der Waals surface area (Å²) in [6.07, 6.45) is 1.31. The molecule has 2 aromatic rings. The minimum absolute atomic E-state index is 0.117. The van der Waals surface area contributed by atoms with Gasteiger partial charge in [0.1, 0.15) is 10.2 Å². The molecular weight excluding hydrogens is 395 g/mol. The van der Waals surface area contributed by atoms with Crippen molar-refractivity contribution in [2.75, 3.05) is 5.32 Å². The number of halogens is 4. The summed E-state index contributed by atoms with van der Waals surface area (Å²) in [5, 5.41) is 6.49. The first-order chi connectivity index (χ1) is 12.9. The first-order valence-electron chi connectivity index (χ1n) is 8.68. The number of carbonyl (C=O) groups is 1. The molecule has 1 aromatic heterocycles. The van der Waals surface area contributed by atoms with Gasteiger partial charge in [0.15, 0.2) is 0 Å². The smallest absolute Gasteiger partial charge is 0.282 e. The second-order valence-corrected chi connectivity index (χ2v) is 7.88. The Morgan fingerprint density at radius 1 is 1.37 bits per heavy atom. The molecule has 1 aromatic carbocycles. The lowest BCUT2D eigenvalue weighted by atomic mass is 9.59. The van der Waals surface area contributed by atoms with Crippen molar-refractivity contribution in [3.8, 4) is 0 Å². The highest BCUT2D eigenvalue weighted by Crippen LogP contribution is 2.60. The van der Waals surface area contributed by atoms with Crippen molar-refractivity contribution in [2.45, 2.75) is 37.5 Å². The van der Waals surface area contributed by atoms with Crippen LogP contribution in [0.4, 0.5) is 14.5 Å². The number of benzene rings is 1. The van der Waals surface area contributed by atoms with Gasteiger partial charge in [-0.3, -0.25) is 9.48 Å². The van der Waals surface area contributed by atoms with E-state index in [0.29, 0.717) is 10.2 Å². The third-order valence-electron chi connectivity index (χ3n) is 5.38. The van der Waals surface area contributed by atoms with Crippen molar-refractivity contribution in [2.24, 2.45) is 7.05 Å². The fraction of sp³-hybridized carbons (Fsp3) is 0.368. The third kappa shape index (κ3) is 3.05. The van der Waals surface area contributed by atoms with Gasteiger partial charge in [0.25, 0.3) is 12.3 Å². The number of alkyl halides is 2. The van der Waals surface area contributed by atoms with Crippen LogP contribution in [0.15, 0.2) is 34.5 Å². The molecule has 0 bridgehead atoms. The Labute approximate surface area is 165 Å². The molecule has 142 valence electrons. The molecule has 27 heavy (non-hydrogen) atoms. The fourth-order valence-electron chi connectivity index (χ4n) is 4.32. The Morgan fingerprint density at radius 2 is 2.15 bits per heavy atom. The van der Waals surface area contributed by atoms with E-state index in [0.717, 1.165) is 36.0 Å². The summed E-state index contributed by atoms with van der Waals surface area (Å²) in [6.45, 7) is 0. The number of hydrogen-bond donors (Lipinski definition) is 1. The largest absolute Gasteiger partial charge is 0.322 e. The predicted molar refractivity (Wildman–Crippen MR) is 101 cm³/mol. The van der Waals surface area contributed by atoms with E-state index in [1.165, 1.54) is 17.9 Å². The monoisotopic (exact) mass is 411 g/mol. The van der Waals surface area contributed by atoms with Gasteiger partial charge in [-0.1, -0.05) is 35.3 Å². The second-order valence-electron chi connectivity index (χ2n) is 6.93. The number of fused-ring (bicyclic) bond motifs is 4. The van der Waals surface area contributed by atoms with E-state index in [4.69, 9.17) is 23.2 Å². The van der Waals surface area contributed by atoms with Crippen molar-refractivity contribution in [3.63, 3.8) is 0 Å². The van der Waals surface area contributed by atoms with Crippen LogP contribution in [0.5, 0.6) is 0 Å². The number of rotatable bonds is 3. The molecule has 0 aliphatic heterocycles. The third-order valence-corrected chi connectivity index (χ3v) is 5.87. The molecule has 4 rings (SSSR count). The minimum atomic E-state index is -2.81. The SMILES string of the molecule is Cn1cc(C(=O)Nc2cccc3c2C2CCCC(=C(Cl)Cl)C32)c(C(F)F)n1. The summed E-state index contributed by atoms with van der Waals surface area (Å²) in [4.78, 5) is 12.6.